The highest BCUT2D eigenvalue weighted by atomic mass is 35.5. The van der Waals surface area contributed by atoms with Crippen LogP contribution in [0, 0.1) is 11.3 Å². The van der Waals surface area contributed by atoms with Crippen molar-refractivity contribution < 1.29 is 0 Å². The lowest BCUT2D eigenvalue weighted by molar-refractivity contribution is 1.01. The number of imidazole rings is 1. The topological polar surface area (TPSA) is 73.0 Å². The van der Waals surface area contributed by atoms with Crippen molar-refractivity contribution in [2.75, 3.05) is 11.9 Å². The van der Waals surface area contributed by atoms with Gasteiger partial charge in [0.15, 0.2) is 0 Å². The van der Waals surface area contributed by atoms with Gasteiger partial charge in [-0.25, -0.2) is 4.98 Å². The van der Waals surface area contributed by atoms with Crippen LogP contribution in [0.2, 0.25) is 10.0 Å². The summed E-state index contributed by atoms with van der Waals surface area (Å²) in [6.07, 6.45) is 3.28. The minimum Gasteiger partial charge on any atom is -0.313 e. The lowest BCUT2D eigenvalue weighted by Crippen LogP contribution is -2.14. The summed E-state index contributed by atoms with van der Waals surface area (Å²) in [4.78, 5) is 6.58. The van der Waals surface area contributed by atoms with Crippen LogP contribution in [0.5, 0.6) is 0 Å². The zero-order valence-corrected chi connectivity index (χ0v) is 15.1. The summed E-state index contributed by atoms with van der Waals surface area (Å²) in [5, 5.41) is 17.4. The maximum absolute atomic E-state index is 9.33. The summed E-state index contributed by atoms with van der Waals surface area (Å²) in [5.41, 5.74) is 2.81. The molecule has 3 heterocycles. The largest absolute Gasteiger partial charge is 0.313 e. The highest BCUT2D eigenvalue weighted by Crippen LogP contribution is 2.36. The lowest BCUT2D eigenvalue weighted by Gasteiger charge is -2.19. The van der Waals surface area contributed by atoms with Crippen LogP contribution >= 0.6 is 23.2 Å². The first-order valence-corrected chi connectivity index (χ1v) is 8.45. The second-order valence-corrected chi connectivity index (χ2v) is 6.54. The third-order valence-corrected chi connectivity index (χ3v) is 4.54. The monoisotopic (exact) mass is 382 g/mol. The molecule has 0 fully saturated rings. The quantitative estimate of drug-likeness (QED) is 0.558. The number of anilines is 2. The predicted octanol–water partition coefficient (Wildman–Crippen LogP) is 4.67. The van der Waals surface area contributed by atoms with E-state index in [0.29, 0.717) is 21.4 Å². The number of pyridine rings is 1. The first kappa shape index (κ1) is 16.5. The number of nitrogens with zero attached hydrogens (tertiary/aromatic N) is 5. The molecule has 1 N–H and O–H groups in total. The van der Waals surface area contributed by atoms with Crippen molar-refractivity contribution in [3.8, 4) is 17.3 Å². The zero-order valence-electron chi connectivity index (χ0n) is 13.6. The lowest BCUT2D eigenvalue weighted by atomic mass is 10.1. The van der Waals surface area contributed by atoms with E-state index in [1.807, 2.05) is 46.7 Å². The first-order valence-electron chi connectivity index (χ1n) is 7.69. The number of benzene rings is 1. The number of halogens is 2. The predicted molar refractivity (Wildman–Crippen MR) is 102 cm³/mol. The van der Waals surface area contributed by atoms with E-state index in [4.69, 9.17) is 28.2 Å². The summed E-state index contributed by atoms with van der Waals surface area (Å²) in [7, 11) is 1.85. The van der Waals surface area contributed by atoms with Crippen LogP contribution < -0.4 is 4.90 Å². The maximum Gasteiger partial charge on any atom is 0.147 e. The van der Waals surface area contributed by atoms with Gasteiger partial charge in [-0.3, -0.25) is 9.50 Å². The Morgan fingerprint density at radius 1 is 1.12 bits per heavy atom. The van der Waals surface area contributed by atoms with Crippen molar-refractivity contribution in [1.82, 2.24) is 19.6 Å². The molecule has 1 aromatic carbocycles. The Balaban J connectivity index is 1.99. The number of hydrogen-bond donors (Lipinski definition) is 1. The third-order valence-electron chi connectivity index (χ3n) is 4.07. The van der Waals surface area contributed by atoms with Gasteiger partial charge in [-0.2, -0.15) is 10.4 Å². The Kier molecular flexibility index (Phi) is 4.03. The Morgan fingerprint density at radius 2 is 1.85 bits per heavy atom. The summed E-state index contributed by atoms with van der Waals surface area (Å²) < 4.78 is 1.88. The molecule has 26 heavy (non-hydrogen) atoms. The molecule has 3 aromatic heterocycles. The molecule has 0 amide bonds. The van der Waals surface area contributed by atoms with Crippen molar-refractivity contribution in [2.45, 2.75) is 0 Å². The van der Waals surface area contributed by atoms with E-state index in [2.05, 4.69) is 16.3 Å². The normalized spacial score (nSPS) is 10.8. The van der Waals surface area contributed by atoms with Crippen LogP contribution in [0.3, 0.4) is 0 Å². The second-order valence-electron chi connectivity index (χ2n) is 5.67. The highest BCUT2D eigenvalue weighted by Gasteiger charge is 2.21. The minimum absolute atomic E-state index is 0.437. The van der Waals surface area contributed by atoms with Gasteiger partial charge in [0.2, 0.25) is 0 Å². The van der Waals surface area contributed by atoms with Crippen LogP contribution in [-0.4, -0.2) is 26.6 Å². The molecule has 4 aromatic rings. The molecule has 4 rings (SSSR count). The summed E-state index contributed by atoms with van der Waals surface area (Å²) in [6, 6.07) is 13.2. The fourth-order valence-electron chi connectivity index (χ4n) is 2.85. The SMILES string of the molecule is CN(c1[nH]ncc1C#N)c1c(-c2ccc(Cl)cc2)nc2ccc(Cl)cn12. The number of nitriles is 1. The molecule has 0 aliphatic heterocycles. The average molecular weight is 383 g/mol. The molecule has 6 nitrogen and oxygen atoms in total. The Hall–Kier alpha value is -3.01. The van der Waals surface area contributed by atoms with Crippen molar-refractivity contribution in [2.24, 2.45) is 0 Å². The number of nitrogens with one attached hydrogen (secondary N) is 1. The van der Waals surface area contributed by atoms with E-state index < -0.39 is 0 Å². The molecule has 0 atom stereocenters. The molecule has 0 saturated carbocycles. The summed E-state index contributed by atoms with van der Waals surface area (Å²) in [5.74, 6) is 1.33. The third kappa shape index (κ3) is 2.68. The number of rotatable bonds is 3. The number of hydrogen-bond acceptors (Lipinski definition) is 4. The van der Waals surface area contributed by atoms with Crippen LogP contribution in [0.15, 0.2) is 48.8 Å². The van der Waals surface area contributed by atoms with Gasteiger partial charge in [0.05, 0.1) is 11.2 Å². The van der Waals surface area contributed by atoms with Crippen molar-refractivity contribution in [3.63, 3.8) is 0 Å². The first-order chi connectivity index (χ1) is 12.6. The molecule has 0 saturated heterocycles. The molecule has 8 heteroatoms. The Bertz CT molecular complexity index is 1140. The van der Waals surface area contributed by atoms with Gasteiger partial charge in [-0.05, 0) is 24.3 Å². The molecular weight excluding hydrogens is 371 g/mol. The second kappa shape index (κ2) is 6.37. The van der Waals surface area contributed by atoms with Gasteiger partial charge in [-0.1, -0.05) is 35.3 Å². The molecule has 0 unspecified atom stereocenters. The summed E-state index contributed by atoms with van der Waals surface area (Å²) >= 11 is 12.2. The standard InChI is InChI=1S/C18H12Cl2N6/c1-25(17-12(8-21)9-22-24-17)18-16(11-2-4-13(19)5-3-11)23-15-7-6-14(20)10-26(15)18/h2-7,9-10H,1H3,(H,22,24). The van der Waals surface area contributed by atoms with Gasteiger partial charge in [0, 0.05) is 23.8 Å². The van der Waals surface area contributed by atoms with Crippen molar-refractivity contribution in [1.29, 1.82) is 5.26 Å². The number of aromatic nitrogens is 4. The maximum atomic E-state index is 9.33. The number of H-pyrrole nitrogens is 1. The molecule has 0 aliphatic carbocycles. The number of fused-ring (bicyclic) bond motifs is 1. The Labute approximate surface area is 159 Å². The van der Waals surface area contributed by atoms with E-state index in [-0.39, 0.29) is 0 Å². The van der Waals surface area contributed by atoms with Crippen molar-refractivity contribution in [3.05, 3.63) is 64.4 Å². The van der Waals surface area contributed by atoms with Crippen LogP contribution in [0.4, 0.5) is 11.6 Å². The van der Waals surface area contributed by atoms with Gasteiger partial charge in [-0.15, -0.1) is 0 Å². The van der Waals surface area contributed by atoms with Crippen molar-refractivity contribution >= 4 is 40.5 Å². The van der Waals surface area contributed by atoms with Gasteiger partial charge >= 0.3 is 0 Å². The number of aromatic amines is 1. The van der Waals surface area contributed by atoms with E-state index in [9.17, 15) is 5.26 Å². The molecule has 0 bridgehead atoms. The van der Waals surface area contributed by atoms with E-state index in [0.717, 1.165) is 22.7 Å². The van der Waals surface area contributed by atoms with Crippen LogP contribution in [-0.2, 0) is 0 Å². The molecule has 0 radical (unpaired) electrons. The van der Waals surface area contributed by atoms with E-state index in [1.165, 1.54) is 6.20 Å². The molecule has 0 aliphatic rings. The molecule has 128 valence electrons. The highest BCUT2D eigenvalue weighted by molar-refractivity contribution is 6.30. The fourth-order valence-corrected chi connectivity index (χ4v) is 3.14. The average Bonchev–Trinajstić information content (AvgIpc) is 3.25. The van der Waals surface area contributed by atoms with Gasteiger partial charge in [0.1, 0.15) is 34.6 Å². The van der Waals surface area contributed by atoms with E-state index in [1.54, 1.807) is 12.3 Å². The smallest absolute Gasteiger partial charge is 0.147 e. The van der Waals surface area contributed by atoms with Gasteiger partial charge < -0.3 is 4.90 Å². The van der Waals surface area contributed by atoms with Crippen LogP contribution in [0.25, 0.3) is 16.9 Å². The van der Waals surface area contributed by atoms with Crippen LogP contribution in [0.1, 0.15) is 5.56 Å². The zero-order chi connectivity index (χ0) is 18.3. The Morgan fingerprint density at radius 3 is 2.58 bits per heavy atom. The fraction of sp³-hybridized carbons (Fsp3) is 0.0556. The molecular formula is C18H12Cl2N6. The minimum atomic E-state index is 0.437. The molecule has 0 spiro atoms. The summed E-state index contributed by atoms with van der Waals surface area (Å²) in [6.45, 7) is 0. The van der Waals surface area contributed by atoms with Gasteiger partial charge in [0.25, 0.3) is 0 Å². The van der Waals surface area contributed by atoms with E-state index >= 15 is 0 Å².